The number of fused-ring (bicyclic) bond motifs is 1. The Kier molecular flexibility index (Phi) is 3.39. The highest BCUT2D eigenvalue weighted by molar-refractivity contribution is 6.04. The van der Waals surface area contributed by atoms with Gasteiger partial charge in [-0.05, 0) is 37.1 Å². The molecule has 0 aliphatic carbocycles. The SMILES string of the molecule is CCc1nc2c(C)cccn2c1C(=O)Nc1cccnc1. The molecule has 0 spiro atoms. The van der Waals surface area contributed by atoms with Crippen molar-refractivity contribution in [3.8, 4) is 0 Å². The first-order valence-corrected chi connectivity index (χ1v) is 6.88. The van der Waals surface area contributed by atoms with E-state index >= 15 is 0 Å². The monoisotopic (exact) mass is 280 g/mol. The van der Waals surface area contributed by atoms with Crippen LogP contribution in [0.3, 0.4) is 0 Å². The maximum Gasteiger partial charge on any atom is 0.274 e. The molecule has 0 saturated carbocycles. The summed E-state index contributed by atoms with van der Waals surface area (Å²) in [5.74, 6) is -0.169. The minimum Gasteiger partial charge on any atom is -0.319 e. The van der Waals surface area contributed by atoms with Crippen molar-refractivity contribution < 1.29 is 4.79 Å². The van der Waals surface area contributed by atoms with Gasteiger partial charge in [-0.15, -0.1) is 0 Å². The zero-order valence-electron chi connectivity index (χ0n) is 12.0. The van der Waals surface area contributed by atoms with Crippen LogP contribution in [0.25, 0.3) is 5.65 Å². The van der Waals surface area contributed by atoms with Crippen LogP contribution in [-0.2, 0) is 6.42 Å². The minimum absolute atomic E-state index is 0.169. The molecule has 0 atom stereocenters. The Morgan fingerprint density at radius 1 is 1.33 bits per heavy atom. The first kappa shape index (κ1) is 13.3. The van der Waals surface area contributed by atoms with Gasteiger partial charge in [0.1, 0.15) is 11.3 Å². The second kappa shape index (κ2) is 5.36. The fourth-order valence-corrected chi connectivity index (χ4v) is 2.36. The quantitative estimate of drug-likeness (QED) is 0.802. The topological polar surface area (TPSA) is 59.3 Å². The smallest absolute Gasteiger partial charge is 0.274 e. The molecule has 21 heavy (non-hydrogen) atoms. The number of anilines is 1. The van der Waals surface area contributed by atoms with Gasteiger partial charge in [0.25, 0.3) is 5.91 Å². The van der Waals surface area contributed by atoms with Gasteiger partial charge in [0.05, 0.1) is 17.6 Å². The van der Waals surface area contributed by atoms with Crippen LogP contribution in [-0.4, -0.2) is 20.3 Å². The Morgan fingerprint density at radius 2 is 2.19 bits per heavy atom. The summed E-state index contributed by atoms with van der Waals surface area (Å²) in [5, 5.41) is 2.87. The molecule has 1 N–H and O–H groups in total. The van der Waals surface area contributed by atoms with Crippen LogP contribution in [0.5, 0.6) is 0 Å². The zero-order valence-corrected chi connectivity index (χ0v) is 12.0. The second-order valence-corrected chi connectivity index (χ2v) is 4.84. The highest BCUT2D eigenvalue weighted by atomic mass is 16.2. The van der Waals surface area contributed by atoms with E-state index in [4.69, 9.17) is 0 Å². The van der Waals surface area contributed by atoms with Gasteiger partial charge in [-0.2, -0.15) is 0 Å². The predicted molar refractivity (Wildman–Crippen MR) is 81.5 cm³/mol. The number of rotatable bonds is 3. The second-order valence-electron chi connectivity index (χ2n) is 4.84. The third-order valence-corrected chi connectivity index (χ3v) is 3.39. The van der Waals surface area contributed by atoms with Crippen LogP contribution in [0.1, 0.15) is 28.7 Å². The first-order valence-electron chi connectivity index (χ1n) is 6.88. The number of nitrogens with zero attached hydrogens (tertiary/aromatic N) is 3. The van der Waals surface area contributed by atoms with Crippen molar-refractivity contribution in [2.75, 3.05) is 5.32 Å². The molecule has 0 fully saturated rings. The fraction of sp³-hybridized carbons (Fsp3) is 0.188. The van der Waals surface area contributed by atoms with Gasteiger partial charge < -0.3 is 5.32 Å². The van der Waals surface area contributed by atoms with Crippen LogP contribution in [0.15, 0.2) is 42.9 Å². The molecule has 0 radical (unpaired) electrons. The van der Waals surface area contributed by atoms with E-state index in [0.717, 1.165) is 16.9 Å². The number of hydrogen-bond donors (Lipinski definition) is 1. The fourth-order valence-electron chi connectivity index (χ4n) is 2.36. The number of aromatic nitrogens is 3. The number of amides is 1. The van der Waals surface area contributed by atoms with Crippen molar-refractivity contribution >= 4 is 17.2 Å². The van der Waals surface area contributed by atoms with Gasteiger partial charge in [-0.1, -0.05) is 13.0 Å². The average molecular weight is 280 g/mol. The van der Waals surface area contributed by atoms with E-state index in [1.807, 2.05) is 42.6 Å². The molecular weight excluding hydrogens is 264 g/mol. The lowest BCUT2D eigenvalue weighted by atomic mass is 10.2. The van der Waals surface area contributed by atoms with E-state index in [-0.39, 0.29) is 5.91 Å². The normalized spacial score (nSPS) is 10.8. The lowest BCUT2D eigenvalue weighted by Gasteiger charge is -2.06. The molecule has 0 aromatic carbocycles. The number of nitrogens with one attached hydrogen (secondary N) is 1. The van der Waals surface area contributed by atoms with E-state index in [2.05, 4.69) is 15.3 Å². The maximum atomic E-state index is 12.6. The van der Waals surface area contributed by atoms with Crippen LogP contribution in [0, 0.1) is 6.92 Å². The Balaban J connectivity index is 2.07. The molecular formula is C16H16N4O. The molecule has 5 nitrogen and oxygen atoms in total. The molecule has 0 aliphatic heterocycles. The van der Waals surface area contributed by atoms with Crippen molar-refractivity contribution in [1.82, 2.24) is 14.4 Å². The molecule has 0 saturated heterocycles. The Labute approximate surface area is 122 Å². The number of hydrogen-bond acceptors (Lipinski definition) is 3. The molecule has 3 aromatic heterocycles. The van der Waals surface area contributed by atoms with Gasteiger partial charge in [0, 0.05) is 12.4 Å². The summed E-state index contributed by atoms with van der Waals surface area (Å²) in [6.45, 7) is 3.99. The van der Waals surface area contributed by atoms with Crippen molar-refractivity contribution in [2.24, 2.45) is 0 Å². The molecule has 1 amide bonds. The number of imidazole rings is 1. The lowest BCUT2D eigenvalue weighted by molar-refractivity contribution is 0.102. The summed E-state index contributed by atoms with van der Waals surface area (Å²) in [7, 11) is 0. The van der Waals surface area contributed by atoms with Gasteiger partial charge in [-0.3, -0.25) is 14.2 Å². The predicted octanol–water partition coefficient (Wildman–Crippen LogP) is 2.85. The summed E-state index contributed by atoms with van der Waals surface area (Å²) in [4.78, 5) is 21.2. The number of carbonyl (C=O) groups excluding carboxylic acids is 1. The number of carbonyl (C=O) groups is 1. The summed E-state index contributed by atoms with van der Waals surface area (Å²) in [6.07, 6.45) is 5.87. The molecule has 3 aromatic rings. The first-order chi connectivity index (χ1) is 10.2. The zero-order chi connectivity index (χ0) is 14.8. The Morgan fingerprint density at radius 3 is 2.90 bits per heavy atom. The van der Waals surface area contributed by atoms with Crippen LogP contribution < -0.4 is 5.32 Å². The molecule has 0 bridgehead atoms. The third kappa shape index (κ3) is 2.38. The molecule has 5 heteroatoms. The Hall–Kier alpha value is -2.69. The summed E-state index contributed by atoms with van der Waals surface area (Å²) >= 11 is 0. The number of pyridine rings is 2. The molecule has 0 unspecified atom stereocenters. The van der Waals surface area contributed by atoms with Crippen molar-refractivity contribution in [2.45, 2.75) is 20.3 Å². The van der Waals surface area contributed by atoms with Gasteiger partial charge >= 0.3 is 0 Å². The van der Waals surface area contributed by atoms with E-state index in [0.29, 0.717) is 17.8 Å². The van der Waals surface area contributed by atoms with E-state index in [9.17, 15) is 4.79 Å². The van der Waals surface area contributed by atoms with Crippen LogP contribution in [0.4, 0.5) is 5.69 Å². The standard InChI is InChI=1S/C16H16N4O/c1-3-13-14(16(21)18-12-7-4-8-17-10-12)20-9-5-6-11(2)15(20)19-13/h4-10H,3H2,1-2H3,(H,18,21). The molecule has 106 valence electrons. The molecule has 3 heterocycles. The Bertz CT molecular complexity index is 793. The highest BCUT2D eigenvalue weighted by Crippen LogP contribution is 2.18. The van der Waals surface area contributed by atoms with E-state index < -0.39 is 0 Å². The number of aryl methyl sites for hydroxylation is 2. The van der Waals surface area contributed by atoms with E-state index in [1.54, 1.807) is 18.5 Å². The van der Waals surface area contributed by atoms with E-state index in [1.165, 1.54) is 0 Å². The van der Waals surface area contributed by atoms with Crippen molar-refractivity contribution in [3.63, 3.8) is 0 Å². The highest BCUT2D eigenvalue weighted by Gasteiger charge is 2.19. The van der Waals surface area contributed by atoms with Crippen molar-refractivity contribution in [1.29, 1.82) is 0 Å². The van der Waals surface area contributed by atoms with Gasteiger partial charge in [0.2, 0.25) is 0 Å². The average Bonchev–Trinajstić information content (AvgIpc) is 2.88. The third-order valence-electron chi connectivity index (χ3n) is 3.39. The molecule has 0 aliphatic rings. The van der Waals surface area contributed by atoms with Crippen LogP contribution >= 0.6 is 0 Å². The maximum absolute atomic E-state index is 12.6. The van der Waals surface area contributed by atoms with Gasteiger partial charge in [0.15, 0.2) is 0 Å². The molecule has 3 rings (SSSR count). The minimum atomic E-state index is -0.169. The van der Waals surface area contributed by atoms with Crippen molar-refractivity contribution in [3.05, 3.63) is 59.8 Å². The largest absolute Gasteiger partial charge is 0.319 e. The van der Waals surface area contributed by atoms with Gasteiger partial charge in [-0.25, -0.2) is 4.98 Å². The van der Waals surface area contributed by atoms with Crippen LogP contribution in [0.2, 0.25) is 0 Å². The lowest BCUT2D eigenvalue weighted by Crippen LogP contribution is -2.16. The summed E-state index contributed by atoms with van der Waals surface area (Å²) < 4.78 is 1.85. The summed E-state index contributed by atoms with van der Waals surface area (Å²) in [5.41, 5.74) is 3.93. The summed E-state index contributed by atoms with van der Waals surface area (Å²) in [6, 6.07) is 7.51.